The van der Waals surface area contributed by atoms with Gasteiger partial charge in [0.05, 0.1) is 17.9 Å². The van der Waals surface area contributed by atoms with E-state index in [1.165, 1.54) is 23.1 Å². The highest BCUT2D eigenvalue weighted by Gasteiger charge is 2.29. The van der Waals surface area contributed by atoms with E-state index >= 15 is 0 Å². The molecule has 0 saturated carbocycles. The third kappa shape index (κ3) is 3.29. The molecule has 30 heavy (non-hydrogen) atoms. The Labute approximate surface area is 179 Å². The fraction of sp³-hybridized carbons (Fsp3) is 0.263. The van der Waals surface area contributed by atoms with E-state index in [1.807, 2.05) is 38.1 Å². The largest absolute Gasteiger partial charge is 0.300 e. The van der Waals surface area contributed by atoms with Crippen molar-refractivity contribution >= 4 is 45.2 Å². The van der Waals surface area contributed by atoms with Crippen LogP contribution in [-0.4, -0.2) is 41.2 Å². The highest BCUT2D eigenvalue weighted by atomic mass is 32.2. The zero-order chi connectivity index (χ0) is 20.8. The third-order valence-electron chi connectivity index (χ3n) is 4.81. The molecule has 1 atom stereocenters. The third-order valence-corrected chi connectivity index (χ3v) is 6.66. The lowest BCUT2D eigenvalue weighted by Crippen LogP contribution is -2.27. The summed E-state index contributed by atoms with van der Waals surface area (Å²) in [5, 5.41) is 17.2. The molecule has 4 aromatic rings. The number of amides is 1. The molecule has 1 aromatic carbocycles. The Morgan fingerprint density at radius 2 is 2.17 bits per heavy atom. The van der Waals surface area contributed by atoms with E-state index in [0.717, 1.165) is 16.3 Å². The van der Waals surface area contributed by atoms with Gasteiger partial charge >= 0.3 is 0 Å². The number of rotatable bonds is 4. The molecule has 0 aliphatic carbocycles. The number of fused-ring (bicyclic) bond motifs is 2. The van der Waals surface area contributed by atoms with Gasteiger partial charge in [-0.05, 0) is 31.5 Å². The summed E-state index contributed by atoms with van der Waals surface area (Å²) in [5.41, 5.74) is 2.30. The van der Waals surface area contributed by atoms with Gasteiger partial charge in [0, 0.05) is 12.2 Å². The lowest BCUT2D eigenvalue weighted by atomic mass is 10.2. The molecule has 0 spiro atoms. The predicted octanol–water partition coefficient (Wildman–Crippen LogP) is 2.73. The fourth-order valence-corrected chi connectivity index (χ4v) is 5.20. The molecule has 0 fully saturated rings. The molecule has 5 rings (SSSR count). The first kappa shape index (κ1) is 18.9. The lowest BCUT2D eigenvalue weighted by Gasteiger charge is -2.12. The minimum absolute atomic E-state index is 0.164. The lowest BCUT2D eigenvalue weighted by molar-refractivity contribution is -0.116. The second kappa shape index (κ2) is 7.33. The fourth-order valence-electron chi connectivity index (χ4n) is 3.46. The van der Waals surface area contributed by atoms with E-state index in [0.29, 0.717) is 27.1 Å². The first-order valence-electron chi connectivity index (χ1n) is 9.29. The molecule has 0 bridgehead atoms. The van der Waals surface area contributed by atoms with Crippen LogP contribution < -0.4 is 10.9 Å². The highest BCUT2D eigenvalue weighted by molar-refractivity contribution is 7.99. The Morgan fingerprint density at radius 3 is 2.93 bits per heavy atom. The number of nitrogens with one attached hydrogen (secondary N) is 1. The van der Waals surface area contributed by atoms with Crippen LogP contribution in [0.25, 0.3) is 16.7 Å². The molecule has 9 nitrogen and oxygen atoms in total. The van der Waals surface area contributed by atoms with Crippen molar-refractivity contribution in [3.63, 3.8) is 0 Å². The molecule has 0 saturated heterocycles. The molecule has 4 heterocycles. The number of nitrogens with zero attached hydrogens (tertiary/aromatic N) is 6. The van der Waals surface area contributed by atoms with Crippen molar-refractivity contribution < 1.29 is 4.79 Å². The van der Waals surface area contributed by atoms with Crippen molar-refractivity contribution in [3.8, 4) is 5.69 Å². The monoisotopic (exact) mass is 439 g/mol. The summed E-state index contributed by atoms with van der Waals surface area (Å²) in [4.78, 5) is 30.3. The molecule has 1 aliphatic rings. The molecule has 3 aromatic heterocycles. The summed E-state index contributed by atoms with van der Waals surface area (Å²) >= 11 is 2.79. The molecular weight excluding hydrogens is 422 g/mol. The van der Waals surface area contributed by atoms with Crippen molar-refractivity contribution in [1.82, 2.24) is 29.5 Å². The van der Waals surface area contributed by atoms with Crippen LogP contribution >= 0.6 is 23.1 Å². The Hall–Kier alpha value is -3.05. The summed E-state index contributed by atoms with van der Waals surface area (Å²) in [7, 11) is 0. The Morgan fingerprint density at radius 1 is 1.30 bits per heavy atom. The minimum Gasteiger partial charge on any atom is -0.300 e. The van der Waals surface area contributed by atoms with Crippen LogP contribution in [0.5, 0.6) is 0 Å². The van der Waals surface area contributed by atoms with Crippen molar-refractivity contribution in [2.24, 2.45) is 0 Å². The molecule has 1 N–H and O–H groups in total. The molecule has 0 radical (unpaired) electrons. The summed E-state index contributed by atoms with van der Waals surface area (Å²) in [6.07, 6.45) is 1.71. The quantitative estimate of drug-likeness (QED) is 0.487. The van der Waals surface area contributed by atoms with Gasteiger partial charge in [-0.2, -0.15) is 5.10 Å². The van der Waals surface area contributed by atoms with E-state index < -0.39 is 0 Å². The maximum atomic E-state index is 13.2. The zero-order valence-corrected chi connectivity index (χ0v) is 17.8. The number of thioether (sulfide) groups is 1. The van der Waals surface area contributed by atoms with Crippen LogP contribution in [-0.2, 0) is 4.79 Å². The average molecular weight is 440 g/mol. The van der Waals surface area contributed by atoms with Gasteiger partial charge in [0.25, 0.3) is 5.56 Å². The highest BCUT2D eigenvalue weighted by Crippen LogP contribution is 2.33. The topological polar surface area (TPSA) is 108 Å². The Balaban J connectivity index is 1.47. The van der Waals surface area contributed by atoms with Gasteiger partial charge < -0.3 is 5.32 Å². The number of carbonyl (C=O) groups excluding carboxylic acids is 1. The number of aromatic nitrogens is 6. The number of aryl methyl sites for hydroxylation is 2. The molecular formula is C19H17N7O2S2. The number of anilines is 1. The van der Waals surface area contributed by atoms with Gasteiger partial charge in [-0.25, -0.2) is 9.67 Å². The Kier molecular flexibility index (Phi) is 4.63. The van der Waals surface area contributed by atoms with Crippen LogP contribution in [0.15, 0.2) is 40.4 Å². The van der Waals surface area contributed by atoms with Crippen molar-refractivity contribution in [2.45, 2.75) is 31.5 Å². The second-order valence-electron chi connectivity index (χ2n) is 7.05. The van der Waals surface area contributed by atoms with E-state index in [-0.39, 0.29) is 23.9 Å². The van der Waals surface area contributed by atoms with Crippen molar-refractivity contribution in [1.29, 1.82) is 0 Å². The number of hydrogen-bond acceptors (Lipinski definition) is 8. The smallest absolute Gasteiger partial charge is 0.265 e. The van der Waals surface area contributed by atoms with Gasteiger partial charge in [-0.15, -0.1) is 10.2 Å². The number of hydrogen-bond donors (Lipinski definition) is 1. The SMILES string of the molecule is Cc1cccc(-n2ncc3c(=O)n4c(nc32)SC[C@H]4CC(=O)Nc2nnc(C)s2)c1. The molecule has 0 unspecified atom stereocenters. The summed E-state index contributed by atoms with van der Waals surface area (Å²) in [6, 6.07) is 7.60. The second-order valence-corrected chi connectivity index (χ2v) is 9.21. The van der Waals surface area contributed by atoms with Crippen LogP contribution in [0.4, 0.5) is 5.13 Å². The standard InChI is InChI=1S/C19H17N7O2S2/c1-10-4-3-5-12(6-10)26-16-14(8-20-26)17(28)25-13(9-29-19(25)22-16)7-15(27)21-18-24-23-11(2)30-18/h3-6,8,13H,7,9H2,1-2H3,(H,21,24,27)/t13-/m1/s1. The summed E-state index contributed by atoms with van der Waals surface area (Å²) in [5.74, 6) is 0.405. The van der Waals surface area contributed by atoms with E-state index in [1.54, 1.807) is 15.4 Å². The van der Waals surface area contributed by atoms with Gasteiger partial charge in [-0.3, -0.25) is 14.2 Å². The van der Waals surface area contributed by atoms with Crippen molar-refractivity contribution in [3.05, 3.63) is 51.4 Å². The summed E-state index contributed by atoms with van der Waals surface area (Å²) < 4.78 is 3.29. The van der Waals surface area contributed by atoms with E-state index in [9.17, 15) is 9.59 Å². The van der Waals surface area contributed by atoms with Gasteiger partial charge in [0.15, 0.2) is 10.8 Å². The van der Waals surface area contributed by atoms with Crippen LogP contribution in [0.1, 0.15) is 23.0 Å². The number of benzene rings is 1. The van der Waals surface area contributed by atoms with E-state index in [2.05, 4.69) is 20.6 Å². The maximum Gasteiger partial charge on any atom is 0.265 e. The minimum atomic E-state index is -0.272. The van der Waals surface area contributed by atoms with Crippen molar-refractivity contribution in [2.75, 3.05) is 11.1 Å². The molecule has 1 amide bonds. The predicted molar refractivity (Wildman–Crippen MR) is 116 cm³/mol. The zero-order valence-electron chi connectivity index (χ0n) is 16.2. The normalized spacial score (nSPS) is 15.5. The van der Waals surface area contributed by atoms with E-state index in [4.69, 9.17) is 4.98 Å². The van der Waals surface area contributed by atoms with Crippen LogP contribution in [0.2, 0.25) is 0 Å². The first-order chi connectivity index (χ1) is 14.5. The maximum absolute atomic E-state index is 13.2. The molecule has 1 aliphatic heterocycles. The Bertz CT molecular complexity index is 1340. The molecule has 152 valence electrons. The van der Waals surface area contributed by atoms with Gasteiger partial charge in [0.2, 0.25) is 11.0 Å². The van der Waals surface area contributed by atoms with Gasteiger partial charge in [0.1, 0.15) is 10.4 Å². The first-order valence-corrected chi connectivity index (χ1v) is 11.1. The van der Waals surface area contributed by atoms with Crippen LogP contribution in [0, 0.1) is 13.8 Å². The average Bonchev–Trinajstić information content (AvgIpc) is 3.41. The summed E-state index contributed by atoms with van der Waals surface area (Å²) in [6.45, 7) is 3.83. The number of carbonyl (C=O) groups is 1. The van der Waals surface area contributed by atoms with Crippen LogP contribution in [0.3, 0.4) is 0 Å². The van der Waals surface area contributed by atoms with Gasteiger partial charge in [-0.1, -0.05) is 35.2 Å². The molecule has 11 heteroatoms.